The van der Waals surface area contributed by atoms with Gasteiger partial charge in [0, 0.05) is 0 Å². The minimum Gasteiger partial charge on any atom is -0.393 e. The first-order valence-corrected chi connectivity index (χ1v) is 9.22. The zero-order chi connectivity index (χ0) is 11.5. The van der Waals surface area contributed by atoms with Crippen LogP contribution in [-0.4, -0.2) is 19.3 Å². The molecule has 1 nitrogen and oxygen atoms in total. The molecule has 1 aromatic rings. The van der Waals surface area contributed by atoms with Crippen LogP contribution in [0, 0.1) is 0 Å². The highest BCUT2D eigenvalue weighted by molar-refractivity contribution is 6.77. The Morgan fingerprint density at radius 1 is 1.13 bits per heavy atom. The molecule has 0 saturated carbocycles. The monoisotopic (exact) mass is 222 g/mol. The zero-order valence-electron chi connectivity index (χ0n) is 10.2. The van der Waals surface area contributed by atoms with E-state index in [1.807, 2.05) is 13.0 Å². The molecule has 1 rings (SSSR count). The van der Waals surface area contributed by atoms with Gasteiger partial charge in [-0.1, -0.05) is 50.0 Å². The van der Waals surface area contributed by atoms with E-state index >= 15 is 0 Å². The summed E-state index contributed by atoms with van der Waals surface area (Å²) in [5, 5.41) is 9.57. The van der Waals surface area contributed by atoms with Crippen molar-refractivity contribution in [2.24, 2.45) is 0 Å². The average molecular weight is 222 g/mol. The van der Waals surface area contributed by atoms with Gasteiger partial charge in [-0.15, -0.1) is 0 Å². The summed E-state index contributed by atoms with van der Waals surface area (Å²) in [6.45, 7) is 8.99. The summed E-state index contributed by atoms with van der Waals surface area (Å²) in [6.07, 6.45) is 0.682. The van der Waals surface area contributed by atoms with Crippen molar-refractivity contribution in [2.45, 2.75) is 44.6 Å². The van der Waals surface area contributed by atoms with E-state index < -0.39 is 8.07 Å². The number of hydrogen-bond acceptors (Lipinski definition) is 1. The van der Waals surface area contributed by atoms with Gasteiger partial charge < -0.3 is 5.11 Å². The van der Waals surface area contributed by atoms with Crippen molar-refractivity contribution in [1.29, 1.82) is 0 Å². The standard InChI is InChI=1S/C13H22OSi/c1-11(14)10-13(15(2,3)4)12-8-6-5-7-9-12/h5-9,11,13-14H,10H2,1-4H3/t11-,13+/m0/s1. The van der Waals surface area contributed by atoms with E-state index in [4.69, 9.17) is 0 Å². The van der Waals surface area contributed by atoms with Crippen LogP contribution in [0.4, 0.5) is 0 Å². The molecule has 0 spiro atoms. The molecule has 0 aromatic heterocycles. The van der Waals surface area contributed by atoms with E-state index in [2.05, 4.69) is 43.9 Å². The second-order valence-corrected chi connectivity index (χ2v) is 10.8. The van der Waals surface area contributed by atoms with E-state index in [0.717, 1.165) is 6.42 Å². The first-order valence-electron chi connectivity index (χ1n) is 5.64. The van der Waals surface area contributed by atoms with Crippen LogP contribution in [-0.2, 0) is 0 Å². The fourth-order valence-corrected chi connectivity index (χ4v) is 4.26. The maximum absolute atomic E-state index is 9.57. The number of hydrogen-bond donors (Lipinski definition) is 1. The largest absolute Gasteiger partial charge is 0.393 e. The molecule has 15 heavy (non-hydrogen) atoms. The molecule has 0 amide bonds. The Labute approximate surface area is 94.2 Å². The fraction of sp³-hybridized carbons (Fsp3) is 0.538. The van der Waals surface area contributed by atoms with Gasteiger partial charge in [-0.25, -0.2) is 0 Å². The molecule has 0 bridgehead atoms. The SMILES string of the molecule is C[C@H](O)C[C@H](c1ccccc1)[Si](C)(C)C. The van der Waals surface area contributed by atoms with Crippen molar-refractivity contribution >= 4 is 8.07 Å². The smallest absolute Gasteiger partial charge is 0.0522 e. The van der Waals surface area contributed by atoms with E-state index in [-0.39, 0.29) is 6.10 Å². The molecule has 0 radical (unpaired) electrons. The van der Waals surface area contributed by atoms with Crippen LogP contribution in [0.3, 0.4) is 0 Å². The van der Waals surface area contributed by atoms with Gasteiger partial charge in [0.15, 0.2) is 0 Å². The van der Waals surface area contributed by atoms with Gasteiger partial charge in [-0.2, -0.15) is 0 Å². The van der Waals surface area contributed by atoms with Gasteiger partial charge >= 0.3 is 0 Å². The number of aliphatic hydroxyl groups excluding tert-OH is 1. The van der Waals surface area contributed by atoms with Crippen LogP contribution >= 0.6 is 0 Å². The molecule has 1 aromatic carbocycles. The lowest BCUT2D eigenvalue weighted by Gasteiger charge is -2.30. The van der Waals surface area contributed by atoms with Gasteiger partial charge in [-0.05, 0) is 24.4 Å². The van der Waals surface area contributed by atoms with Crippen LogP contribution in [0.2, 0.25) is 19.6 Å². The summed E-state index contributed by atoms with van der Waals surface area (Å²) in [5.41, 5.74) is 1.94. The van der Waals surface area contributed by atoms with Gasteiger partial charge in [0.25, 0.3) is 0 Å². The quantitative estimate of drug-likeness (QED) is 0.774. The highest BCUT2D eigenvalue weighted by atomic mass is 28.3. The number of rotatable bonds is 4. The average Bonchev–Trinajstić information content (AvgIpc) is 2.14. The Balaban J connectivity index is 2.92. The second kappa shape index (κ2) is 4.95. The molecule has 0 unspecified atom stereocenters. The summed E-state index contributed by atoms with van der Waals surface area (Å²) in [7, 11) is -1.25. The summed E-state index contributed by atoms with van der Waals surface area (Å²) in [6, 6.07) is 10.6. The molecule has 0 aliphatic rings. The van der Waals surface area contributed by atoms with E-state index in [1.165, 1.54) is 5.56 Å². The third-order valence-corrected chi connectivity index (χ3v) is 5.48. The number of aliphatic hydroxyl groups is 1. The molecular weight excluding hydrogens is 200 g/mol. The van der Waals surface area contributed by atoms with Crippen LogP contribution in [0.1, 0.15) is 24.4 Å². The van der Waals surface area contributed by atoms with Gasteiger partial charge in [0.05, 0.1) is 14.2 Å². The summed E-state index contributed by atoms with van der Waals surface area (Å²) in [5.74, 6) is 0. The van der Waals surface area contributed by atoms with E-state index in [9.17, 15) is 5.11 Å². The lowest BCUT2D eigenvalue weighted by atomic mass is 10.1. The van der Waals surface area contributed by atoms with Crippen LogP contribution in [0.25, 0.3) is 0 Å². The van der Waals surface area contributed by atoms with Crippen molar-refractivity contribution in [2.75, 3.05) is 0 Å². The molecule has 1 N–H and O–H groups in total. The summed E-state index contributed by atoms with van der Waals surface area (Å²) in [4.78, 5) is 0. The van der Waals surface area contributed by atoms with Crippen molar-refractivity contribution in [3.8, 4) is 0 Å². The number of benzene rings is 1. The van der Waals surface area contributed by atoms with Crippen molar-refractivity contribution in [1.82, 2.24) is 0 Å². The molecule has 2 atom stereocenters. The Morgan fingerprint density at radius 2 is 1.67 bits per heavy atom. The summed E-state index contributed by atoms with van der Waals surface area (Å²) < 4.78 is 0. The predicted octanol–water partition coefficient (Wildman–Crippen LogP) is 3.42. The van der Waals surface area contributed by atoms with E-state index in [1.54, 1.807) is 0 Å². The Bertz CT molecular complexity index is 287. The summed E-state index contributed by atoms with van der Waals surface area (Å²) >= 11 is 0. The molecule has 0 heterocycles. The van der Waals surface area contributed by atoms with Crippen LogP contribution in [0.15, 0.2) is 30.3 Å². The topological polar surface area (TPSA) is 20.2 Å². The molecule has 84 valence electrons. The third kappa shape index (κ3) is 3.80. The highest BCUT2D eigenvalue weighted by Gasteiger charge is 2.28. The minimum atomic E-state index is -1.25. The lowest BCUT2D eigenvalue weighted by Crippen LogP contribution is -2.33. The predicted molar refractivity (Wildman–Crippen MR) is 68.8 cm³/mol. The third-order valence-electron chi connectivity index (χ3n) is 2.82. The maximum atomic E-state index is 9.57. The van der Waals surface area contributed by atoms with E-state index in [0.29, 0.717) is 5.54 Å². The van der Waals surface area contributed by atoms with Gasteiger partial charge in [-0.3, -0.25) is 0 Å². The normalized spacial score (nSPS) is 16.1. The van der Waals surface area contributed by atoms with Gasteiger partial charge in [0.2, 0.25) is 0 Å². The second-order valence-electron chi connectivity index (χ2n) is 5.41. The minimum absolute atomic E-state index is 0.207. The molecule has 2 heteroatoms. The highest BCUT2D eigenvalue weighted by Crippen LogP contribution is 2.31. The Morgan fingerprint density at radius 3 is 2.07 bits per heavy atom. The molecular formula is C13H22OSi. The molecule has 0 fully saturated rings. The van der Waals surface area contributed by atoms with Crippen molar-refractivity contribution < 1.29 is 5.11 Å². The Kier molecular flexibility index (Phi) is 4.11. The fourth-order valence-electron chi connectivity index (χ4n) is 2.02. The van der Waals surface area contributed by atoms with Crippen molar-refractivity contribution in [3.05, 3.63) is 35.9 Å². The Hall–Kier alpha value is -0.603. The molecule has 0 saturated heterocycles. The zero-order valence-corrected chi connectivity index (χ0v) is 11.2. The maximum Gasteiger partial charge on any atom is 0.0522 e. The van der Waals surface area contributed by atoms with Crippen LogP contribution in [0.5, 0.6) is 0 Å². The van der Waals surface area contributed by atoms with Gasteiger partial charge in [0.1, 0.15) is 0 Å². The first-order chi connectivity index (χ1) is 6.91. The van der Waals surface area contributed by atoms with Crippen molar-refractivity contribution in [3.63, 3.8) is 0 Å². The first kappa shape index (κ1) is 12.5. The molecule has 0 aliphatic heterocycles. The lowest BCUT2D eigenvalue weighted by molar-refractivity contribution is 0.182. The van der Waals surface area contributed by atoms with Crippen LogP contribution < -0.4 is 0 Å². The molecule has 0 aliphatic carbocycles.